The Kier molecular flexibility index (Phi) is 5.08. The topological polar surface area (TPSA) is 132 Å². The number of nitrogens with zero attached hydrogens (tertiary/aromatic N) is 2. The zero-order valence-corrected chi connectivity index (χ0v) is 14.6. The molecule has 27 heavy (non-hydrogen) atoms. The second kappa shape index (κ2) is 7.46. The molecular formula is C16H14ClFN6O3. The number of hydrogen-bond donors (Lipinski definition) is 5. The van der Waals surface area contributed by atoms with E-state index in [9.17, 15) is 14.0 Å². The summed E-state index contributed by atoms with van der Waals surface area (Å²) in [6.07, 6.45) is 0.121. The number of nitrogens with one attached hydrogen (secondary N) is 4. The van der Waals surface area contributed by atoms with Crippen molar-refractivity contribution in [2.75, 3.05) is 10.6 Å². The number of benzene rings is 1. The zero-order valence-electron chi connectivity index (χ0n) is 13.9. The molecule has 3 rings (SSSR count). The molecule has 5 N–H and O–H groups in total. The SMILES string of the molecule is C[C@@H](NC(=O)Nc1cc2[nH]nc(NC(=O)O)c2cn1)c1ccc(Cl)c(F)c1. The van der Waals surface area contributed by atoms with Crippen LogP contribution in [0.4, 0.5) is 25.6 Å². The highest BCUT2D eigenvalue weighted by Gasteiger charge is 2.14. The average molecular weight is 393 g/mol. The molecule has 140 valence electrons. The van der Waals surface area contributed by atoms with Gasteiger partial charge in [-0.1, -0.05) is 17.7 Å². The third-order valence-electron chi connectivity index (χ3n) is 3.71. The minimum Gasteiger partial charge on any atom is -0.465 e. The molecule has 0 spiro atoms. The van der Waals surface area contributed by atoms with E-state index in [-0.39, 0.29) is 16.7 Å². The summed E-state index contributed by atoms with van der Waals surface area (Å²) in [4.78, 5) is 26.9. The van der Waals surface area contributed by atoms with Gasteiger partial charge in [0, 0.05) is 12.3 Å². The number of carbonyl (C=O) groups excluding carboxylic acids is 1. The summed E-state index contributed by atoms with van der Waals surface area (Å²) >= 11 is 5.65. The van der Waals surface area contributed by atoms with E-state index in [2.05, 4.69) is 31.1 Å². The van der Waals surface area contributed by atoms with Gasteiger partial charge in [0.15, 0.2) is 5.82 Å². The van der Waals surface area contributed by atoms with E-state index in [4.69, 9.17) is 16.7 Å². The van der Waals surface area contributed by atoms with E-state index in [0.29, 0.717) is 16.5 Å². The Morgan fingerprint density at radius 1 is 1.30 bits per heavy atom. The van der Waals surface area contributed by atoms with Crippen LogP contribution in [0.25, 0.3) is 10.9 Å². The lowest BCUT2D eigenvalue weighted by atomic mass is 10.1. The molecule has 1 aromatic carbocycles. The molecule has 0 unspecified atom stereocenters. The van der Waals surface area contributed by atoms with Crippen LogP contribution < -0.4 is 16.0 Å². The van der Waals surface area contributed by atoms with Gasteiger partial charge in [-0.3, -0.25) is 15.7 Å². The lowest BCUT2D eigenvalue weighted by molar-refractivity contribution is 0.209. The zero-order chi connectivity index (χ0) is 19.6. The van der Waals surface area contributed by atoms with E-state index in [0.717, 1.165) is 0 Å². The largest absolute Gasteiger partial charge is 0.465 e. The third-order valence-corrected chi connectivity index (χ3v) is 4.01. The van der Waals surface area contributed by atoms with Crippen LogP contribution in [-0.4, -0.2) is 32.4 Å². The van der Waals surface area contributed by atoms with Crippen LogP contribution in [0.1, 0.15) is 18.5 Å². The van der Waals surface area contributed by atoms with Crippen molar-refractivity contribution >= 4 is 46.3 Å². The van der Waals surface area contributed by atoms with Crippen molar-refractivity contribution < 1.29 is 19.1 Å². The Balaban J connectivity index is 1.68. The lowest BCUT2D eigenvalue weighted by Gasteiger charge is -2.15. The number of hydrogen-bond acceptors (Lipinski definition) is 4. The molecule has 0 saturated carbocycles. The van der Waals surface area contributed by atoms with Crippen molar-refractivity contribution in [1.82, 2.24) is 20.5 Å². The van der Waals surface area contributed by atoms with Gasteiger partial charge in [-0.15, -0.1) is 0 Å². The fourth-order valence-electron chi connectivity index (χ4n) is 2.39. The molecular weight excluding hydrogens is 379 g/mol. The molecule has 0 fully saturated rings. The Morgan fingerprint density at radius 2 is 2.07 bits per heavy atom. The molecule has 0 bridgehead atoms. The first-order valence-electron chi connectivity index (χ1n) is 7.70. The van der Waals surface area contributed by atoms with Gasteiger partial charge >= 0.3 is 12.1 Å². The maximum atomic E-state index is 13.5. The van der Waals surface area contributed by atoms with E-state index in [1.165, 1.54) is 24.4 Å². The number of halogens is 2. The molecule has 0 saturated heterocycles. The van der Waals surface area contributed by atoms with Crippen LogP contribution in [0.3, 0.4) is 0 Å². The molecule has 3 amide bonds. The number of aromatic amines is 1. The van der Waals surface area contributed by atoms with Gasteiger partial charge in [0.1, 0.15) is 11.6 Å². The fourth-order valence-corrected chi connectivity index (χ4v) is 2.51. The quantitative estimate of drug-likeness (QED) is 0.461. The first-order chi connectivity index (χ1) is 12.8. The Bertz CT molecular complexity index is 1020. The van der Waals surface area contributed by atoms with Crippen molar-refractivity contribution in [2.45, 2.75) is 13.0 Å². The van der Waals surface area contributed by atoms with Crippen molar-refractivity contribution in [3.63, 3.8) is 0 Å². The van der Waals surface area contributed by atoms with E-state index in [1.54, 1.807) is 13.0 Å². The maximum Gasteiger partial charge on any atom is 0.410 e. The smallest absolute Gasteiger partial charge is 0.410 e. The highest BCUT2D eigenvalue weighted by Crippen LogP contribution is 2.22. The van der Waals surface area contributed by atoms with Crippen LogP contribution in [0, 0.1) is 5.82 Å². The molecule has 0 radical (unpaired) electrons. The maximum absolute atomic E-state index is 13.5. The predicted molar refractivity (Wildman–Crippen MR) is 97.5 cm³/mol. The Morgan fingerprint density at radius 3 is 2.78 bits per heavy atom. The molecule has 3 aromatic rings. The number of urea groups is 1. The molecule has 9 nitrogen and oxygen atoms in total. The number of carbonyl (C=O) groups is 2. The monoisotopic (exact) mass is 392 g/mol. The minimum absolute atomic E-state index is 0.00391. The van der Waals surface area contributed by atoms with E-state index < -0.39 is 24.0 Å². The number of pyridine rings is 1. The van der Waals surface area contributed by atoms with Gasteiger partial charge in [0.2, 0.25) is 0 Å². The first-order valence-corrected chi connectivity index (χ1v) is 8.08. The third kappa shape index (κ3) is 4.23. The Hall–Kier alpha value is -3.40. The number of fused-ring (bicyclic) bond motifs is 1. The van der Waals surface area contributed by atoms with Gasteiger partial charge < -0.3 is 10.4 Å². The lowest BCUT2D eigenvalue weighted by Crippen LogP contribution is -2.31. The summed E-state index contributed by atoms with van der Waals surface area (Å²) in [7, 11) is 0. The van der Waals surface area contributed by atoms with Crippen molar-refractivity contribution in [3.05, 3.63) is 46.9 Å². The van der Waals surface area contributed by atoms with Crippen LogP contribution >= 0.6 is 11.6 Å². The average Bonchev–Trinajstić information content (AvgIpc) is 2.98. The van der Waals surface area contributed by atoms with Crippen LogP contribution in [-0.2, 0) is 0 Å². The molecule has 11 heteroatoms. The predicted octanol–water partition coefficient (Wildman–Crippen LogP) is 3.72. The molecule has 0 aliphatic heterocycles. The number of anilines is 2. The highest BCUT2D eigenvalue weighted by atomic mass is 35.5. The molecule has 2 aromatic heterocycles. The summed E-state index contributed by atoms with van der Waals surface area (Å²) in [5.74, 6) is -0.236. The van der Waals surface area contributed by atoms with Crippen LogP contribution in [0.15, 0.2) is 30.5 Å². The summed E-state index contributed by atoms with van der Waals surface area (Å²) in [5.41, 5.74) is 1.03. The highest BCUT2D eigenvalue weighted by molar-refractivity contribution is 6.30. The fraction of sp³-hybridized carbons (Fsp3) is 0.125. The van der Waals surface area contributed by atoms with Gasteiger partial charge in [-0.05, 0) is 24.6 Å². The first kappa shape index (κ1) is 18.4. The summed E-state index contributed by atoms with van der Waals surface area (Å²) in [6, 6.07) is 4.76. The number of aromatic nitrogens is 3. The second-order valence-electron chi connectivity index (χ2n) is 5.61. The van der Waals surface area contributed by atoms with E-state index >= 15 is 0 Å². The number of amides is 3. The minimum atomic E-state index is -1.25. The molecule has 0 aliphatic rings. The van der Waals surface area contributed by atoms with Crippen molar-refractivity contribution in [3.8, 4) is 0 Å². The van der Waals surface area contributed by atoms with Gasteiger partial charge in [-0.25, -0.2) is 19.0 Å². The number of carboxylic acid groups (broad SMARTS) is 1. The summed E-state index contributed by atoms with van der Waals surface area (Å²) in [6.45, 7) is 1.69. The number of H-pyrrole nitrogens is 1. The standard InChI is InChI=1S/C16H14ClFN6O3/c1-7(8-2-3-10(17)11(18)4-8)20-15(25)21-13-5-12-9(6-19-13)14(24-23-12)22-16(26)27/h2-7H,1H3,(H,26,27)(H2,22,23,24)(H2,19,20,21,25)/t7-/m1/s1. The normalized spacial score (nSPS) is 11.8. The van der Waals surface area contributed by atoms with Gasteiger partial charge in [-0.2, -0.15) is 5.10 Å². The van der Waals surface area contributed by atoms with Gasteiger partial charge in [0.25, 0.3) is 0 Å². The second-order valence-corrected chi connectivity index (χ2v) is 6.02. The van der Waals surface area contributed by atoms with Crippen LogP contribution in [0.5, 0.6) is 0 Å². The molecule has 1 atom stereocenters. The van der Waals surface area contributed by atoms with Crippen molar-refractivity contribution in [2.24, 2.45) is 0 Å². The molecule has 0 aliphatic carbocycles. The van der Waals surface area contributed by atoms with E-state index in [1.807, 2.05) is 0 Å². The number of rotatable bonds is 4. The van der Waals surface area contributed by atoms with Gasteiger partial charge in [0.05, 0.1) is 22.0 Å². The molecule has 2 heterocycles. The van der Waals surface area contributed by atoms with Crippen molar-refractivity contribution in [1.29, 1.82) is 0 Å². The summed E-state index contributed by atoms with van der Waals surface area (Å²) in [5, 5.41) is 23.0. The Labute approximate surface area is 156 Å². The van der Waals surface area contributed by atoms with Crippen LogP contribution in [0.2, 0.25) is 5.02 Å². The summed E-state index contributed by atoms with van der Waals surface area (Å²) < 4.78 is 13.5.